The number of nitrogens with two attached hydrogens (primary N) is 1. The molecule has 1 aromatic rings. The molecule has 2 atom stereocenters. The maximum Gasteiger partial charge on any atom is 0.0740 e. The van der Waals surface area contributed by atoms with Gasteiger partial charge in [-0.1, -0.05) is 37.1 Å². The predicted octanol–water partition coefficient (Wildman–Crippen LogP) is 2.53. The summed E-state index contributed by atoms with van der Waals surface area (Å²) in [5, 5.41) is 0.753. The van der Waals surface area contributed by atoms with Gasteiger partial charge in [-0.2, -0.15) is 0 Å². The van der Waals surface area contributed by atoms with E-state index >= 15 is 0 Å². The lowest BCUT2D eigenvalue weighted by Crippen LogP contribution is -2.46. The van der Waals surface area contributed by atoms with Gasteiger partial charge in [-0.3, -0.25) is 11.3 Å². The van der Waals surface area contributed by atoms with E-state index in [2.05, 4.69) is 18.4 Å². The lowest BCUT2D eigenvalue weighted by molar-refractivity contribution is 0.0609. The van der Waals surface area contributed by atoms with Gasteiger partial charge in [0, 0.05) is 12.1 Å². The van der Waals surface area contributed by atoms with Crippen LogP contribution in [-0.2, 0) is 11.2 Å². The summed E-state index contributed by atoms with van der Waals surface area (Å²) >= 11 is 5.96. The molecule has 0 spiro atoms. The van der Waals surface area contributed by atoms with Gasteiger partial charge in [-0.25, -0.2) is 0 Å². The van der Waals surface area contributed by atoms with Crippen LogP contribution in [0.15, 0.2) is 24.3 Å². The second-order valence-electron chi connectivity index (χ2n) is 4.17. The van der Waals surface area contributed by atoms with E-state index in [0.717, 1.165) is 24.3 Å². The van der Waals surface area contributed by atoms with Crippen LogP contribution in [0.5, 0.6) is 0 Å². The lowest BCUT2D eigenvalue weighted by Gasteiger charge is -2.25. The highest BCUT2D eigenvalue weighted by molar-refractivity contribution is 6.30. The van der Waals surface area contributed by atoms with Gasteiger partial charge in [-0.15, -0.1) is 0 Å². The Balaban J connectivity index is 2.68. The Labute approximate surface area is 108 Å². The van der Waals surface area contributed by atoms with Gasteiger partial charge in [0.15, 0.2) is 0 Å². The molecule has 0 aromatic heterocycles. The molecule has 1 aromatic carbocycles. The van der Waals surface area contributed by atoms with Gasteiger partial charge in [0.25, 0.3) is 0 Å². The van der Waals surface area contributed by atoms with Crippen molar-refractivity contribution >= 4 is 11.6 Å². The summed E-state index contributed by atoms with van der Waals surface area (Å²) in [6, 6.07) is 7.95. The first-order chi connectivity index (χ1) is 8.21. The smallest absolute Gasteiger partial charge is 0.0740 e. The number of ether oxygens (including phenoxy) is 1. The molecule has 0 aliphatic carbocycles. The molecule has 0 aliphatic rings. The van der Waals surface area contributed by atoms with Crippen LogP contribution in [0.25, 0.3) is 0 Å². The molecule has 0 radical (unpaired) electrons. The van der Waals surface area contributed by atoms with Crippen molar-refractivity contribution in [3.05, 3.63) is 34.9 Å². The largest absolute Gasteiger partial charge is 0.380 e. The third kappa shape index (κ3) is 4.64. The van der Waals surface area contributed by atoms with Crippen LogP contribution in [0.3, 0.4) is 0 Å². The normalized spacial score (nSPS) is 14.6. The maximum absolute atomic E-state index is 5.96. The number of rotatable bonds is 7. The van der Waals surface area contributed by atoms with Crippen LogP contribution < -0.4 is 11.3 Å². The lowest BCUT2D eigenvalue weighted by atomic mass is 9.99. The molecule has 0 aliphatic heterocycles. The summed E-state index contributed by atoms with van der Waals surface area (Å²) in [4.78, 5) is 0. The molecule has 17 heavy (non-hydrogen) atoms. The van der Waals surface area contributed by atoms with Crippen LogP contribution in [0.2, 0.25) is 5.02 Å². The number of methoxy groups -OCH3 is 1. The fourth-order valence-electron chi connectivity index (χ4n) is 1.98. The zero-order valence-corrected chi connectivity index (χ0v) is 11.2. The van der Waals surface area contributed by atoms with Gasteiger partial charge < -0.3 is 4.74 Å². The van der Waals surface area contributed by atoms with Crippen molar-refractivity contribution in [1.82, 2.24) is 5.43 Å². The number of hydrogen-bond donors (Lipinski definition) is 2. The second-order valence-corrected chi connectivity index (χ2v) is 4.61. The van der Waals surface area contributed by atoms with Gasteiger partial charge in [-0.05, 0) is 30.5 Å². The topological polar surface area (TPSA) is 47.3 Å². The van der Waals surface area contributed by atoms with Crippen molar-refractivity contribution in [2.75, 3.05) is 7.11 Å². The standard InChI is InChI=1S/C13H21ClN2O/c1-3-5-13(17-2)12(16-15)9-10-6-4-7-11(14)8-10/h4,6-8,12-13,16H,3,5,9,15H2,1-2H3. The van der Waals surface area contributed by atoms with E-state index in [1.165, 1.54) is 5.56 Å². The highest BCUT2D eigenvalue weighted by atomic mass is 35.5. The Bertz CT molecular complexity index is 333. The van der Waals surface area contributed by atoms with E-state index < -0.39 is 0 Å². The molecule has 1 rings (SSSR count). The highest BCUT2D eigenvalue weighted by Crippen LogP contribution is 2.15. The minimum atomic E-state index is 0.110. The molecule has 96 valence electrons. The van der Waals surface area contributed by atoms with Crippen molar-refractivity contribution in [3.63, 3.8) is 0 Å². The molecule has 0 fully saturated rings. The first-order valence-corrected chi connectivity index (χ1v) is 6.32. The molecule has 0 saturated heterocycles. The van der Waals surface area contributed by atoms with Crippen LogP contribution >= 0.6 is 11.6 Å². The first-order valence-electron chi connectivity index (χ1n) is 5.94. The van der Waals surface area contributed by atoms with Crippen molar-refractivity contribution in [1.29, 1.82) is 0 Å². The molecular formula is C13H21ClN2O. The second kappa shape index (κ2) is 7.67. The highest BCUT2D eigenvalue weighted by Gasteiger charge is 2.19. The van der Waals surface area contributed by atoms with Crippen molar-refractivity contribution in [2.24, 2.45) is 5.84 Å². The van der Waals surface area contributed by atoms with E-state index in [1.54, 1.807) is 7.11 Å². The first kappa shape index (κ1) is 14.5. The monoisotopic (exact) mass is 256 g/mol. The summed E-state index contributed by atoms with van der Waals surface area (Å²) in [7, 11) is 1.72. The van der Waals surface area contributed by atoms with Gasteiger partial charge in [0.1, 0.15) is 0 Å². The summed E-state index contributed by atoms with van der Waals surface area (Å²) in [6.45, 7) is 2.14. The van der Waals surface area contributed by atoms with E-state index in [1.807, 2.05) is 18.2 Å². The van der Waals surface area contributed by atoms with E-state index in [9.17, 15) is 0 Å². The SMILES string of the molecule is CCCC(OC)C(Cc1cccc(Cl)c1)NN. The van der Waals surface area contributed by atoms with Crippen LogP contribution in [0, 0.1) is 0 Å². The Morgan fingerprint density at radius 3 is 2.76 bits per heavy atom. The molecule has 0 amide bonds. The third-order valence-corrected chi connectivity index (χ3v) is 3.12. The average Bonchev–Trinajstić information content (AvgIpc) is 2.33. The fraction of sp³-hybridized carbons (Fsp3) is 0.538. The van der Waals surface area contributed by atoms with Gasteiger partial charge >= 0.3 is 0 Å². The Kier molecular flexibility index (Phi) is 6.52. The zero-order chi connectivity index (χ0) is 12.7. The summed E-state index contributed by atoms with van der Waals surface area (Å²) in [5.74, 6) is 5.60. The van der Waals surface area contributed by atoms with Crippen molar-refractivity contribution in [3.8, 4) is 0 Å². The minimum absolute atomic E-state index is 0.110. The van der Waals surface area contributed by atoms with Crippen LogP contribution in [-0.4, -0.2) is 19.3 Å². The quantitative estimate of drug-likeness (QED) is 0.582. The maximum atomic E-state index is 5.96. The summed E-state index contributed by atoms with van der Waals surface area (Å²) in [5.41, 5.74) is 4.00. The Hall–Kier alpha value is -0.610. The molecule has 0 heterocycles. The number of hydrogen-bond acceptors (Lipinski definition) is 3. The van der Waals surface area contributed by atoms with E-state index in [0.29, 0.717) is 0 Å². The summed E-state index contributed by atoms with van der Waals surface area (Å²) < 4.78 is 5.47. The Morgan fingerprint density at radius 1 is 1.47 bits per heavy atom. The molecule has 3 N–H and O–H groups in total. The van der Waals surface area contributed by atoms with Crippen LogP contribution in [0.1, 0.15) is 25.3 Å². The number of halogens is 1. The Morgan fingerprint density at radius 2 is 2.24 bits per heavy atom. The molecule has 0 bridgehead atoms. The minimum Gasteiger partial charge on any atom is -0.380 e. The number of benzene rings is 1. The van der Waals surface area contributed by atoms with Crippen LogP contribution in [0.4, 0.5) is 0 Å². The van der Waals surface area contributed by atoms with Gasteiger partial charge in [0.05, 0.1) is 12.1 Å². The summed E-state index contributed by atoms with van der Waals surface area (Å²) in [6.07, 6.45) is 3.01. The molecular weight excluding hydrogens is 236 g/mol. The van der Waals surface area contributed by atoms with E-state index in [-0.39, 0.29) is 12.1 Å². The van der Waals surface area contributed by atoms with Gasteiger partial charge in [0.2, 0.25) is 0 Å². The number of nitrogens with one attached hydrogen (secondary N) is 1. The third-order valence-electron chi connectivity index (χ3n) is 2.88. The molecule has 2 unspecified atom stereocenters. The molecule has 4 heteroatoms. The molecule has 3 nitrogen and oxygen atoms in total. The zero-order valence-electron chi connectivity index (χ0n) is 10.4. The molecule has 0 saturated carbocycles. The predicted molar refractivity (Wildman–Crippen MR) is 72.0 cm³/mol. The fourth-order valence-corrected chi connectivity index (χ4v) is 2.20. The van der Waals surface area contributed by atoms with Crippen molar-refractivity contribution in [2.45, 2.75) is 38.3 Å². The number of hydrazine groups is 1. The average molecular weight is 257 g/mol. The van der Waals surface area contributed by atoms with E-state index in [4.69, 9.17) is 22.2 Å². The van der Waals surface area contributed by atoms with Crippen molar-refractivity contribution < 1.29 is 4.74 Å².